The van der Waals surface area contributed by atoms with Gasteiger partial charge in [0.25, 0.3) is 0 Å². The molecule has 0 aromatic heterocycles. The molecule has 0 fully saturated rings. The number of carboxylic acid groups (broad SMARTS) is 1. The summed E-state index contributed by atoms with van der Waals surface area (Å²) in [4.78, 5) is 22.9. The highest BCUT2D eigenvalue weighted by Crippen LogP contribution is 2.12. The Hall–Kier alpha value is -1.55. The zero-order valence-electron chi connectivity index (χ0n) is 11.0. The van der Waals surface area contributed by atoms with Gasteiger partial charge in [-0.05, 0) is 23.6 Å². The summed E-state index contributed by atoms with van der Waals surface area (Å²) < 4.78 is 0. The predicted molar refractivity (Wildman–Crippen MR) is 74.2 cm³/mol. The summed E-state index contributed by atoms with van der Waals surface area (Å²) in [7, 11) is 0. The molecule has 1 rings (SSSR count). The van der Waals surface area contributed by atoms with Crippen LogP contribution in [-0.2, 0) is 16.0 Å². The van der Waals surface area contributed by atoms with E-state index >= 15 is 0 Å². The SMILES string of the molecule is CCC(C)C(NC(=O)Cc1cccc(Cl)c1)C(=O)O. The highest BCUT2D eigenvalue weighted by molar-refractivity contribution is 6.30. The Bertz CT molecular complexity index is 462. The molecule has 2 unspecified atom stereocenters. The molecule has 0 saturated carbocycles. The number of carbonyl (C=O) groups is 2. The molecular weight excluding hydrogens is 266 g/mol. The van der Waals surface area contributed by atoms with Crippen molar-refractivity contribution in [2.24, 2.45) is 5.92 Å². The van der Waals surface area contributed by atoms with E-state index in [4.69, 9.17) is 16.7 Å². The number of carboxylic acids is 1. The second-order valence-electron chi connectivity index (χ2n) is 4.58. The molecule has 2 N–H and O–H groups in total. The van der Waals surface area contributed by atoms with Crippen molar-refractivity contribution in [1.29, 1.82) is 0 Å². The molecule has 0 heterocycles. The fourth-order valence-corrected chi connectivity index (χ4v) is 1.95. The Morgan fingerprint density at radius 1 is 1.42 bits per heavy atom. The minimum Gasteiger partial charge on any atom is -0.480 e. The summed E-state index contributed by atoms with van der Waals surface area (Å²) in [6, 6.07) is 6.11. The lowest BCUT2D eigenvalue weighted by Crippen LogP contribution is -2.45. The van der Waals surface area contributed by atoms with E-state index in [0.717, 1.165) is 5.56 Å². The number of aliphatic carboxylic acids is 1. The van der Waals surface area contributed by atoms with Crippen LogP contribution >= 0.6 is 11.6 Å². The lowest BCUT2D eigenvalue weighted by atomic mass is 9.99. The van der Waals surface area contributed by atoms with E-state index in [9.17, 15) is 9.59 Å². The number of halogens is 1. The average molecular weight is 284 g/mol. The highest BCUT2D eigenvalue weighted by atomic mass is 35.5. The molecule has 104 valence electrons. The van der Waals surface area contributed by atoms with Gasteiger partial charge in [0, 0.05) is 5.02 Å². The number of hydrogen-bond acceptors (Lipinski definition) is 2. The molecule has 0 aliphatic heterocycles. The quantitative estimate of drug-likeness (QED) is 0.843. The van der Waals surface area contributed by atoms with Gasteiger partial charge < -0.3 is 10.4 Å². The Morgan fingerprint density at radius 2 is 2.11 bits per heavy atom. The summed E-state index contributed by atoms with van der Waals surface area (Å²) in [6.07, 6.45) is 0.815. The second-order valence-corrected chi connectivity index (χ2v) is 5.01. The van der Waals surface area contributed by atoms with Crippen LogP contribution in [0.25, 0.3) is 0 Å². The van der Waals surface area contributed by atoms with E-state index in [1.807, 2.05) is 6.92 Å². The van der Waals surface area contributed by atoms with Crippen LogP contribution in [0.1, 0.15) is 25.8 Å². The molecule has 0 aliphatic carbocycles. The fourth-order valence-electron chi connectivity index (χ4n) is 1.74. The Labute approximate surface area is 117 Å². The molecule has 1 aromatic rings. The molecule has 1 amide bonds. The maximum Gasteiger partial charge on any atom is 0.326 e. The summed E-state index contributed by atoms with van der Waals surface area (Å²) in [5.74, 6) is -1.43. The predicted octanol–water partition coefficient (Wildman–Crippen LogP) is 2.50. The van der Waals surface area contributed by atoms with Gasteiger partial charge in [-0.1, -0.05) is 44.0 Å². The Morgan fingerprint density at radius 3 is 2.63 bits per heavy atom. The third-order valence-corrected chi connectivity index (χ3v) is 3.28. The van der Waals surface area contributed by atoms with E-state index in [1.54, 1.807) is 31.2 Å². The lowest BCUT2D eigenvalue weighted by molar-refractivity contribution is -0.143. The minimum atomic E-state index is -1.01. The number of amides is 1. The molecule has 5 heteroatoms. The van der Waals surface area contributed by atoms with Crippen molar-refractivity contribution in [2.45, 2.75) is 32.7 Å². The zero-order valence-corrected chi connectivity index (χ0v) is 11.8. The number of carbonyl (C=O) groups excluding carboxylic acids is 1. The summed E-state index contributed by atoms with van der Waals surface area (Å²) in [6.45, 7) is 3.70. The van der Waals surface area contributed by atoms with Crippen molar-refractivity contribution < 1.29 is 14.7 Å². The Balaban J connectivity index is 2.65. The molecule has 0 saturated heterocycles. The first-order valence-electron chi connectivity index (χ1n) is 6.20. The topological polar surface area (TPSA) is 66.4 Å². The minimum absolute atomic E-state index is 0.110. The molecule has 0 aliphatic rings. The third kappa shape index (κ3) is 4.91. The van der Waals surface area contributed by atoms with Crippen molar-refractivity contribution in [2.75, 3.05) is 0 Å². The largest absolute Gasteiger partial charge is 0.480 e. The number of benzene rings is 1. The zero-order chi connectivity index (χ0) is 14.4. The van der Waals surface area contributed by atoms with Crippen LogP contribution in [-0.4, -0.2) is 23.0 Å². The third-order valence-electron chi connectivity index (χ3n) is 3.05. The van der Waals surface area contributed by atoms with Crippen LogP contribution in [0.3, 0.4) is 0 Å². The van der Waals surface area contributed by atoms with Crippen LogP contribution in [0.5, 0.6) is 0 Å². The molecule has 2 atom stereocenters. The standard InChI is InChI=1S/C14H18ClNO3/c1-3-9(2)13(14(18)19)16-12(17)8-10-5-4-6-11(15)7-10/h4-7,9,13H,3,8H2,1-2H3,(H,16,17)(H,18,19). The van der Waals surface area contributed by atoms with Gasteiger partial charge in [0.05, 0.1) is 6.42 Å². The number of nitrogens with one attached hydrogen (secondary N) is 1. The molecule has 0 spiro atoms. The van der Waals surface area contributed by atoms with Gasteiger partial charge in [-0.3, -0.25) is 4.79 Å². The molecule has 4 nitrogen and oxygen atoms in total. The summed E-state index contributed by atoms with van der Waals surface area (Å²) in [5, 5.41) is 12.2. The van der Waals surface area contributed by atoms with Gasteiger partial charge in [-0.15, -0.1) is 0 Å². The lowest BCUT2D eigenvalue weighted by Gasteiger charge is -2.20. The van der Waals surface area contributed by atoms with Gasteiger partial charge in [-0.25, -0.2) is 4.79 Å². The fraction of sp³-hybridized carbons (Fsp3) is 0.429. The highest BCUT2D eigenvalue weighted by Gasteiger charge is 2.25. The van der Waals surface area contributed by atoms with Gasteiger partial charge >= 0.3 is 5.97 Å². The van der Waals surface area contributed by atoms with Gasteiger partial charge in [0.1, 0.15) is 6.04 Å². The van der Waals surface area contributed by atoms with Crippen molar-refractivity contribution >= 4 is 23.5 Å². The van der Waals surface area contributed by atoms with Crippen LogP contribution in [0.4, 0.5) is 0 Å². The normalized spacial score (nSPS) is 13.6. The molecule has 1 aromatic carbocycles. The summed E-state index contributed by atoms with van der Waals surface area (Å²) >= 11 is 5.83. The van der Waals surface area contributed by atoms with E-state index in [1.165, 1.54) is 0 Å². The van der Waals surface area contributed by atoms with Gasteiger partial charge in [-0.2, -0.15) is 0 Å². The van der Waals surface area contributed by atoms with Gasteiger partial charge in [0.15, 0.2) is 0 Å². The number of rotatable bonds is 6. The average Bonchev–Trinajstić information content (AvgIpc) is 2.34. The van der Waals surface area contributed by atoms with Crippen LogP contribution in [0.2, 0.25) is 5.02 Å². The van der Waals surface area contributed by atoms with E-state index in [2.05, 4.69) is 5.32 Å². The first-order chi connectivity index (χ1) is 8.93. The van der Waals surface area contributed by atoms with E-state index in [0.29, 0.717) is 11.4 Å². The molecule has 0 radical (unpaired) electrons. The monoisotopic (exact) mass is 283 g/mol. The maximum absolute atomic E-state index is 11.8. The van der Waals surface area contributed by atoms with E-state index in [-0.39, 0.29) is 18.2 Å². The van der Waals surface area contributed by atoms with Crippen LogP contribution in [0.15, 0.2) is 24.3 Å². The molecular formula is C14H18ClNO3. The van der Waals surface area contributed by atoms with Crippen molar-refractivity contribution in [3.05, 3.63) is 34.9 Å². The Kier molecular flexibility index (Phi) is 5.83. The van der Waals surface area contributed by atoms with Crippen molar-refractivity contribution in [3.63, 3.8) is 0 Å². The van der Waals surface area contributed by atoms with Gasteiger partial charge in [0.2, 0.25) is 5.91 Å². The first-order valence-corrected chi connectivity index (χ1v) is 6.58. The summed E-state index contributed by atoms with van der Waals surface area (Å²) in [5.41, 5.74) is 0.762. The smallest absolute Gasteiger partial charge is 0.326 e. The number of hydrogen-bond donors (Lipinski definition) is 2. The van der Waals surface area contributed by atoms with Crippen LogP contribution in [0, 0.1) is 5.92 Å². The molecule has 19 heavy (non-hydrogen) atoms. The van der Waals surface area contributed by atoms with E-state index < -0.39 is 12.0 Å². The van der Waals surface area contributed by atoms with Crippen LogP contribution < -0.4 is 5.32 Å². The van der Waals surface area contributed by atoms with Crippen molar-refractivity contribution in [3.8, 4) is 0 Å². The molecule has 0 bridgehead atoms. The second kappa shape index (κ2) is 7.14. The maximum atomic E-state index is 11.8. The first kappa shape index (κ1) is 15.5. The van der Waals surface area contributed by atoms with Crippen molar-refractivity contribution in [1.82, 2.24) is 5.32 Å².